The Kier molecular flexibility index (Phi) is 12.1. The Balaban J connectivity index is 0.00000514. The third-order valence-electron chi connectivity index (χ3n) is 10.3. The molecular formula is C38H46ClN9O7. The molecule has 5 aromatic rings. The van der Waals surface area contributed by atoms with Gasteiger partial charge in [0.2, 0.25) is 11.9 Å². The minimum atomic E-state index is -1.18. The lowest BCUT2D eigenvalue weighted by Gasteiger charge is -2.22. The van der Waals surface area contributed by atoms with Gasteiger partial charge in [0.25, 0.3) is 5.91 Å². The SMILES string of the molecule is CCC(=O)N[C@H]1C[C@@H](n2cnc3c(NCC(c4ccc(OC)cc4)c4ccc(OC)cc4)nc(N4CC[C@@H](NC(=O)c5cc(C)on5)C4)nc32)[C@H](O)[C@@H]1O.Cl. The van der Waals surface area contributed by atoms with Gasteiger partial charge in [0.15, 0.2) is 22.7 Å². The number of aliphatic hydroxyl groups excluding tert-OH is 2. The lowest BCUT2D eigenvalue weighted by molar-refractivity contribution is -0.122. The Morgan fingerprint density at radius 1 is 0.982 bits per heavy atom. The lowest BCUT2D eigenvalue weighted by atomic mass is 9.91. The quantitative estimate of drug-likeness (QED) is 0.117. The van der Waals surface area contributed by atoms with E-state index < -0.39 is 24.3 Å². The molecule has 2 aliphatic rings. The van der Waals surface area contributed by atoms with E-state index in [1.54, 1.807) is 45.0 Å². The summed E-state index contributed by atoms with van der Waals surface area (Å²) in [6, 6.07) is 16.0. The number of rotatable bonds is 13. The molecule has 0 radical (unpaired) electrons. The highest BCUT2D eigenvalue weighted by Crippen LogP contribution is 2.36. The van der Waals surface area contributed by atoms with Gasteiger partial charge in [-0.2, -0.15) is 9.97 Å². The summed E-state index contributed by atoms with van der Waals surface area (Å²) >= 11 is 0. The van der Waals surface area contributed by atoms with E-state index >= 15 is 0 Å². The minimum Gasteiger partial charge on any atom is -0.497 e. The van der Waals surface area contributed by atoms with E-state index in [0.29, 0.717) is 54.7 Å². The summed E-state index contributed by atoms with van der Waals surface area (Å²) in [5, 5.41) is 35.4. The van der Waals surface area contributed by atoms with E-state index in [4.69, 9.17) is 28.9 Å². The highest BCUT2D eigenvalue weighted by atomic mass is 35.5. The molecule has 2 fully saturated rings. The normalized spacial score (nSPS) is 20.7. The number of benzene rings is 2. The number of hydrogen-bond acceptors (Lipinski definition) is 13. The van der Waals surface area contributed by atoms with Crippen molar-refractivity contribution in [2.75, 3.05) is 44.1 Å². The molecule has 0 bridgehead atoms. The van der Waals surface area contributed by atoms with E-state index in [1.165, 1.54) is 0 Å². The first-order valence-electron chi connectivity index (χ1n) is 18.1. The van der Waals surface area contributed by atoms with Crippen LogP contribution < -0.4 is 30.3 Å². The molecule has 292 valence electrons. The van der Waals surface area contributed by atoms with Crippen LogP contribution in [0.2, 0.25) is 0 Å². The summed E-state index contributed by atoms with van der Waals surface area (Å²) in [4.78, 5) is 41.8. The van der Waals surface area contributed by atoms with E-state index in [-0.39, 0.29) is 54.7 Å². The van der Waals surface area contributed by atoms with Crippen molar-refractivity contribution >= 4 is 47.2 Å². The minimum absolute atomic E-state index is 0. The number of aromatic nitrogens is 5. The van der Waals surface area contributed by atoms with Crippen LogP contribution in [0.4, 0.5) is 11.8 Å². The topological polar surface area (TPSA) is 202 Å². The average Bonchev–Trinajstić information content (AvgIpc) is 4.00. The first-order valence-corrected chi connectivity index (χ1v) is 18.1. The number of nitrogens with zero attached hydrogens (tertiary/aromatic N) is 6. The average molecular weight is 776 g/mol. The van der Waals surface area contributed by atoms with Gasteiger partial charge in [0.05, 0.1) is 32.6 Å². The summed E-state index contributed by atoms with van der Waals surface area (Å²) in [5.74, 6) is 2.29. The molecule has 5 atom stereocenters. The van der Waals surface area contributed by atoms with Gasteiger partial charge in [0.1, 0.15) is 29.5 Å². The first-order chi connectivity index (χ1) is 26.1. The number of methoxy groups -OCH3 is 2. The second-order valence-electron chi connectivity index (χ2n) is 13.7. The van der Waals surface area contributed by atoms with E-state index in [1.807, 2.05) is 53.4 Å². The summed E-state index contributed by atoms with van der Waals surface area (Å²) in [6.45, 7) is 4.91. The number of carbonyl (C=O) groups excluding carboxylic acids is 2. The van der Waals surface area contributed by atoms with Crippen molar-refractivity contribution in [1.29, 1.82) is 0 Å². The zero-order chi connectivity index (χ0) is 37.9. The molecule has 0 unspecified atom stereocenters. The maximum absolute atomic E-state index is 12.9. The summed E-state index contributed by atoms with van der Waals surface area (Å²) in [5.41, 5.74) is 3.25. The van der Waals surface area contributed by atoms with Crippen LogP contribution in [0.15, 0.2) is 65.4 Å². The molecular weight excluding hydrogens is 730 g/mol. The van der Waals surface area contributed by atoms with Crippen molar-refractivity contribution in [3.63, 3.8) is 0 Å². The third-order valence-corrected chi connectivity index (χ3v) is 10.3. The zero-order valence-corrected chi connectivity index (χ0v) is 31.8. The smallest absolute Gasteiger partial charge is 0.273 e. The predicted octanol–water partition coefficient (Wildman–Crippen LogP) is 3.38. The Labute approximate surface area is 324 Å². The number of anilines is 2. The second-order valence-corrected chi connectivity index (χ2v) is 13.7. The van der Waals surface area contributed by atoms with Gasteiger partial charge in [-0.1, -0.05) is 36.3 Å². The largest absolute Gasteiger partial charge is 0.497 e. The van der Waals surface area contributed by atoms with Gasteiger partial charge in [0, 0.05) is 44.1 Å². The van der Waals surface area contributed by atoms with E-state index in [9.17, 15) is 19.8 Å². The van der Waals surface area contributed by atoms with Gasteiger partial charge in [-0.15, -0.1) is 12.4 Å². The van der Waals surface area contributed by atoms with Crippen molar-refractivity contribution in [2.24, 2.45) is 0 Å². The van der Waals surface area contributed by atoms with Gasteiger partial charge in [-0.05, 0) is 55.2 Å². The number of fused-ring (bicyclic) bond motifs is 1. The van der Waals surface area contributed by atoms with Gasteiger partial charge < -0.3 is 49.6 Å². The Morgan fingerprint density at radius 2 is 1.65 bits per heavy atom. The second kappa shape index (κ2) is 16.9. The van der Waals surface area contributed by atoms with Crippen LogP contribution in [0, 0.1) is 6.92 Å². The molecule has 2 aromatic carbocycles. The first kappa shape index (κ1) is 39.2. The van der Waals surface area contributed by atoms with Gasteiger partial charge in [-0.3, -0.25) is 9.59 Å². The molecule has 2 amide bonds. The fraction of sp³-hybridized carbons (Fsp3) is 0.421. The standard InChI is InChI=1S/C38H45N9O7.ClH/c1-5-31(48)42-28-17-30(34(50)33(28)49)47-20-40-32-35(39-18-27(22-6-10-25(52-3)11-7-22)23-8-12-26(53-4)13-9-23)43-38(44-36(32)47)46-15-14-24(19-46)41-37(51)29-16-21(2)54-45-29;/h6-13,16,20,24,27-28,30,33-34,49-50H,5,14-15,17-19H2,1-4H3,(H,41,51)(H,42,48)(H,39,43,44);1H/t24-,28+,30-,33-,34+;/m1./s1. The van der Waals surface area contributed by atoms with Crippen molar-refractivity contribution in [2.45, 2.75) is 69.4 Å². The van der Waals surface area contributed by atoms with Crippen LogP contribution in [-0.4, -0.2) is 105 Å². The third kappa shape index (κ3) is 8.30. The number of nitrogens with one attached hydrogen (secondary N) is 3. The molecule has 3 aromatic heterocycles. The van der Waals surface area contributed by atoms with Crippen LogP contribution in [0.3, 0.4) is 0 Å². The molecule has 1 saturated heterocycles. The summed E-state index contributed by atoms with van der Waals surface area (Å²) in [6.07, 6.45) is 0.421. The molecule has 17 heteroatoms. The molecule has 1 saturated carbocycles. The molecule has 5 N–H and O–H groups in total. The van der Waals surface area contributed by atoms with E-state index in [0.717, 1.165) is 22.6 Å². The van der Waals surface area contributed by atoms with Crippen LogP contribution >= 0.6 is 12.4 Å². The highest BCUT2D eigenvalue weighted by molar-refractivity contribution is 5.92. The van der Waals surface area contributed by atoms with Crippen LogP contribution in [0.1, 0.15) is 65.5 Å². The van der Waals surface area contributed by atoms with Gasteiger partial charge >= 0.3 is 0 Å². The fourth-order valence-corrected chi connectivity index (χ4v) is 7.24. The predicted molar refractivity (Wildman–Crippen MR) is 206 cm³/mol. The Morgan fingerprint density at radius 3 is 2.25 bits per heavy atom. The molecule has 7 rings (SSSR count). The molecule has 0 spiro atoms. The highest BCUT2D eigenvalue weighted by Gasteiger charge is 2.44. The molecule has 1 aliphatic carbocycles. The van der Waals surface area contributed by atoms with Crippen molar-refractivity contribution in [3.05, 3.63) is 83.5 Å². The van der Waals surface area contributed by atoms with Crippen LogP contribution in [0.5, 0.6) is 11.5 Å². The summed E-state index contributed by atoms with van der Waals surface area (Å²) in [7, 11) is 3.27. The molecule has 1 aliphatic heterocycles. The van der Waals surface area contributed by atoms with Crippen molar-refractivity contribution in [1.82, 2.24) is 35.3 Å². The number of imidazole rings is 1. The number of aryl methyl sites for hydroxylation is 1. The zero-order valence-electron chi connectivity index (χ0n) is 31.0. The maximum atomic E-state index is 12.9. The number of amides is 2. The lowest BCUT2D eigenvalue weighted by Crippen LogP contribution is -2.42. The molecule has 55 heavy (non-hydrogen) atoms. The van der Waals surface area contributed by atoms with E-state index in [2.05, 4.69) is 21.1 Å². The number of aliphatic hydroxyl groups is 2. The summed E-state index contributed by atoms with van der Waals surface area (Å²) < 4.78 is 17.7. The van der Waals surface area contributed by atoms with Gasteiger partial charge in [-0.25, -0.2) is 4.98 Å². The van der Waals surface area contributed by atoms with Crippen LogP contribution in [0.25, 0.3) is 11.2 Å². The van der Waals surface area contributed by atoms with Crippen molar-refractivity contribution in [3.8, 4) is 11.5 Å². The monoisotopic (exact) mass is 775 g/mol. The molecule has 4 heterocycles. The molecule has 16 nitrogen and oxygen atoms in total. The van der Waals surface area contributed by atoms with Crippen LogP contribution in [-0.2, 0) is 4.79 Å². The fourth-order valence-electron chi connectivity index (χ4n) is 7.24. The Bertz CT molecular complexity index is 2040. The van der Waals surface area contributed by atoms with Crippen molar-refractivity contribution < 1.29 is 33.8 Å². The maximum Gasteiger partial charge on any atom is 0.273 e. The Hall–Kier alpha value is -5.45. The number of ether oxygens (including phenoxy) is 2. The number of hydrogen-bond donors (Lipinski definition) is 5. The number of carbonyl (C=O) groups is 2. The number of halogens is 1.